The second-order valence-electron chi connectivity index (χ2n) is 4.12. The number of methoxy groups -OCH3 is 1. The van der Waals surface area contributed by atoms with E-state index in [1.165, 1.54) is 13.2 Å². The number of nitrogens with zero attached hydrogens (tertiary/aromatic N) is 4. The molecule has 0 unspecified atom stereocenters. The van der Waals surface area contributed by atoms with Gasteiger partial charge in [-0.05, 0) is 13.0 Å². The molecule has 0 atom stereocenters. The van der Waals surface area contributed by atoms with Gasteiger partial charge in [0.2, 0.25) is 11.6 Å². The zero-order valence-electron chi connectivity index (χ0n) is 10.6. The van der Waals surface area contributed by atoms with E-state index in [0.29, 0.717) is 33.5 Å². The lowest BCUT2D eigenvalue weighted by molar-refractivity contribution is 0.0600. The zero-order valence-corrected chi connectivity index (χ0v) is 11.4. The molecule has 0 fully saturated rings. The number of pyridine rings is 1. The number of aromatic nitrogens is 4. The summed E-state index contributed by atoms with van der Waals surface area (Å²) in [5.41, 5.74) is 1.43. The highest BCUT2D eigenvalue weighted by molar-refractivity contribution is 6.33. The fourth-order valence-corrected chi connectivity index (χ4v) is 2.07. The summed E-state index contributed by atoms with van der Waals surface area (Å²) >= 11 is 6.09. The number of hydrogen-bond acceptors (Lipinski definition) is 6. The van der Waals surface area contributed by atoms with E-state index in [-0.39, 0.29) is 0 Å². The first-order chi connectivity index (χ1) is 9.60. The van der Waals surface area contributed by atoms with E-state index < -0.39 is 5.97 Å². The molecule has 0 aromatic carbocycles. The Kier molecular flexibility index (Phi) is 2.90. The molecule has 3 rings (SSSR count). The van der Waals surface area contributed by atoms with Gasteiger partial charge in [0.15, 0.2) is 5.65 Å². The SMILES string of the molecule is COC(=O)c1cc(Cl)c2nnc(-c3cc(C)no3)n2c1. The van der Waals surface area contributed by atoms with Crippen molar-refractivity contribution < 1.29 is 14.1 Å². The first kappa shape index (κ1) is 12.6. The lowest BCUT2D eigenvalue weighted by atomic mass is 10.3. The van der Waals surface area contributed by atoms with Crippen molar-refractivity contribution in [3.05, 3.63) is 34.6 Å². The maximum absolute atomic E-state index is 11.6. The molecule has 20 heavy (non-hydrogen) atoms. The van der Waals surface area contributed by atoms with Gasteiger partial charge in [0.05, 0.1) is 23.4 Å². The van der Waals surface area contributed by atoms with E-state index in [1.54, 1.807) is 23.6 Å². The van der Waals surface area contributed by atoms with Crippen LogP contribution < -0.4 is 0 Å². The summed E-state index contributed by atoms with van der Waals surface area (Å²) in [5, 5.41) is 12.1. The van der Waals surface area contributed by atoms with Gasteiger partial charge in [-0.3, -0.25) is 4.40 Å². The Morgan fingerprint density at radius 2 is 2.20 bits per heavy atom. The number of carbonyl (C=O) groups excluding carboxylic acids is 1. The molecule has 8 heteroatoms. The predicted octanol–water partition coefficient (Wildman–Crippen LogP) is 2.13. The van der Waals surface area contributed by atoms with E-state index in [9.17, 15) is 4.79 Å². The fraction of sp³-hybridized carbons (Fsp3) is 0.167. The summed E-state index contributed by atoms with van der Waals surface area (Å²) in [7, 11) is 1.30. The zero-order chi connectivity index (χ0) is 14.3. The standard InChI is InChI=1S/C12H9ClN4O3/c1-6-3-9(20-16-6)11-15-14-10-8(13)4-7(5-17(10)11)12(18)19-2/h3-5H,1-2H3. The summed E-state index contributed by atoms with van der Waals surface area (Å²) in [6, 6.07) is 3.20. The van der Waals surface area contributed by atoms with Gasteiger partial charge in [-0.1, -0.05) is 16.8 Å². The molecule has 0 saturated heterocycles. The monoisotopic (exact) mass is 292 g/mol. The van der Waals surface area contributed by atoms with E-state index >= 15 is 0 Å². The summed E-state index contributed by atoms with van der Waals surface area (Å²) in [6.45, 7) is 1.79. The van der Waals surface area contributed by atoms with Crippen LogP contribution in [0.4, 0.5) is 0 Å². The normalized spacial score (nSPS) is 10.9. The quantitative estimate of drug-likeness (QED) is 0.673. The van der Waals surface area contributed by atoms with Crippen LogP contribution in [0.5, 0.6) is 0 Å². The maximum Gasteiger partial charge on any atom is 0.339 e. The third kappa shape index (κ3) is 1.92. The Morgan fingerprint density at radius 3 is 2.85 bits per heavy atom. The van der Waals surface area contributed by atoms with E-state index in [2.05, 4.69) is 20.1 Å². The van der Waals surface area contributed by atoms with Gasteiger partial charge in [-0.2, -0.15) is 0 Å². The van der Waals surface area contributed by atoms with Crippen LogP contribution in [-0.2, 0) is 4.74 Å². The first-order valence-electron chi connectivity index (χ1n) is 5.66. The number of carbonyl (C=O) groups is 1. The molecule has 3 aromatic rings. The lowest BCUT2D eigenvalue weighted by Gasteiger charge is -2.02. The molecule has 7 nitrogen and oxygen atoms in total. The molecule has 3 aromatic heterocycles. The molecule has 0 aliphatic heterocycles. The maximum atomic E-state index is 11.6. The van der Waals surface area contributed by atoms with Gasteiger partial charge in [0, 0.05) is 12.3 Å². The van der Waals surface area contributed by atoms with Crippen LogP contribution in [0.2, 0.25) is 5.02 Å². The van der Waals surface area contributed by atoms with Crippen molar-refractivity contribution in [3.63, 3.8) is 0 Å². The Balaban J connectivity index is 2.24. The van der Waals surface area contributed by atoms with Crippen molar-refractivity contribution >= 4 is 23.2 Å². The van der Waals surface area contributed by atoms with Gasteiger partial charge in [0.25, 0.3) is 0 Å². The number of esters is 1. The van der Waals surface area contributed by atoms with Crippen molar-refractivity contribution in [3.8, 4) is 11.6 Å². The minimum absolute atomic E-state index is 0.294. The summed E-state index contributed by atoms with van der Waals surface area (Å²) in [6.07, 6.45) is 1.54. The van der Waals surface area contributed by atoms with E-state index in [4.69, 9.17) is 16.1 Å². The van der Waals surface area contributed by atoms with E-state index in [0.717, 1.165) is 0 Å². The molecule has 102 valence electrons. The van der Waals surface area contributed by atoms with Crippen molar-refractivity contribution in [2.45, 2.75) is 6.92 Å². The van der Waals surface area contributed by atoms with Crippen LogP contribution in [0.3, 0.4) is 0 Å². The Bertz CT molecular complexity index is 808. The van der Waals surface area contributed by atoms with Crippen LogP contribution >= 0.6 is 11.6 Å². The second-order valence-corrected chi connectivity index (χ2v) is 4.53. The number of halogens is 1. The second kappa shape index (κ2) is 4.61. The molecule has 0 amide bonds. The van der Waals surface area contributed by atoms with Crippen molar-refractivity contribution in [1.82, 2.24) is 19.8 Å². The smallest absolute Gasteiger partial charge is 0.339 e. The lowest BCUT2D eigenvalue weighted by Crippen LogP contribution is -2.03. The molecule has 3 heterocycles. The molecule has 0 bridgehead atoms. The Morgan fingerprint density at radius 1 is 1.40 bits per heavy atom. The van der Waals surface area contributed by atoms with E-state index in [1.807, 2.05) is 0 Å². The summed E-state index contributed by atoms with van der Waals surface area (Å²) in [5.74, 6) is 0.350. The minimum Gasteiger partial charge on any atom is -0.465 e. The van der Waals surface area contributed by atoms with Gasteiger partial charge < -0.3 is 9.26 Å². The predicted molar refractivity (Wildman–Crippen MR) is 69.6 cm³/mol. The van der Waals surface area contributed by atoms with Gasteiger partial charge in [0.1, 0.15) is 0 Å². The molecule has 0 spiro atoms. The third-order valence-corrected chi connectivity index (χ3v) is 3.01. The van der Waals surface area contributed by atoms with Gasteiger partial charge in [-0.15, -0.1) is 10.2 Å². The van der Waals surface area contributed by atoms with Crippen LogP contribution in [0.1, 0.15) is 16.1 Å². The number of rotatable bonds is 2. The highest BCUT2D eigenvalue weighted by Gasteiger charge is 2.17. The number of hydrogen-bond donors (Lipinski definition) is 0. The van der Waals surface area contributed by atoms with Crippen molar-refractivity contribution in [2.24, 2.45) is 0 Å². The molecule has 0 N–H and O–H groups in total. The molecular formula is C12H9ClN4O3. The van der Waals surface area contributed by atoms with Crippen LogP contribution in [0.15, 0.2) is 22.9 Å². The Hall–Kier alpha value is -2.41. The largest absolute Gasteiger partial charge is 0.465 e. The third-order valence-electron chi connectivity index (χ3n) is 2.73. The minimum atomic E-state index is -0.498. The molecular weight excluding hydrogens is 284 g/mol. The van der Waals surface area contributed by atoms with Gasteiger partial charge in [-0.25, -0.2) is 4.79 Å². The number of fused-ring (bicyclic) bond motifs is 1. The highest BCUT2D eigenvalue weighted by Crippen LogP contribution is 2.24. The van der Waals surface area contributed by atoms with Crippen LogP contribution in [0.25, 0.3) is 17.2 Å². The average molecular weight is 293 g/mol. The first-order valence-corrected chi connectivity index (χ1v) is 6.04. The van der Waals surface area contributed by atoms with Crippen molar-refractivity contribution in [1.29, 1.82) is 0 Å². The van der Waals surface area contributed by atoms with Crippen molar-refractivity contribution in [2.75, 3.05) is 7.11 Å². The summed E-state index contributed by atoms with van der Waals surface area (Å²) < 4.78 is 11.4. The van der Waals surface area contributed by atoms with Crippen LogP contribution in [0, 0.1) is 6.92 Å². The van der Waals surface area contributed by atoms with Crippen LogP contribution in [-0.4, -0.2) is 32.8 Å². The molecule has 0 aliphatic rings. The topological polar surface area (TPSA) is 82.5 Å². The average Bonchev–Trinajstić information content (AvgIpc) is 3.03. The number of aryl methyl sites for hydroxylation is 1. The molecule has 0 saturated carbocycles. The summed E-state index contributed by atoms with van der Waals surface area (Å²) in [4.78, 5) is 11.6. The number of ether oxygens (including phenoxy) is 1. The molecule has 0 radical (unpaired) electrons. The fourth-order valence-electron chi connectivity index (χ4n) is 1.82. The molecule has 0 aliphatic carbocycles. The van der Waals surface area contributed by atoms with Gasteiger partial charge >= 0.3 is 5.97 Å². The highest BCUT2D eigenvalue weighted by atomic mass is 35.5. The Labute approximate surface area is 118 Å².